The lowest BCUT2D eigenvalue weighted by Crippen LogP contribution is -2.15. The van der Waals surface area contributed by atoms with Crippen LogP contribution in [0.5, 0.6) is 5.75 Å². The number of hydrogen-bond acceptors (Lipinski definition) is 10. The minimum Gasteiger partial charge on any atom is -0.491 e. The van der Waals surface area contributed by atoms with Gasteiger partial charge < -0.3 is 47.9 Å². The minimum absolute atomic E-state index is 0.104. The zero-order chi connectivity index (χ0) is 28.8. The molecular formula is C29H51NO10. The summed E-state index contributed by atoms with van der Waals surface area (Å²) in [5.41, 5.74) is 0.736. The fraction of sp³-hybridized carbons (Fsp3) is 0.759. The fourth-order valence-corrected chi connectivity index (χ4v) is 3.15. The molecule has 0 aromatic heterocycles. The number of anilines is 1. The summed E-state index contributed by atoms with van der Waals surface area (Å²) in [6.45, 7) is 12.8. The van der Waals surface area contributed by atoms with Crippen LogP contribution in [0.1, 0.15) is 33.1 Å². The summed E-state index contributed by atoms with van der Waals surface area (Å²) >= 11 is 0. The lowest BCUT2D eigenvalue weighted by atomic mass is 10.3. The molecule has 0 saturated heterocycles. The summed E-state index contributed by atoms with van der Waals surface area (Å²) in [4.78, 5) is 11.0. The summed E-state index contributed by atoms with van der Waals surface area (Å²) in [7, 11) is 0. The number of hydrogen-bond donors (Lipinski definition) is 1. The maximum absolute atomic E-state index is 11.0. The maximum atomic E-state index is 11.0. The lowest BCUT2D eigenvalue weighted by Gasteiger charge is -2.09. The van der Waals surface area contributed by atoms with Gasteiger partial charge in [-0.1, -0.05) is 19.8 Å². The van der Waals surface area contributed by atoms with Crippen molar-refractivity contribution >= 4 is 11.6 Å². The number of rotatable bonds is 30. The van der Waals surface area contributed by atoms with Crippen LogP contribution < -0.4 is 10.1 Å². The van der Waals surface area contributed by atoms with E-state index in [1.807, 2.05) is 0 Å². The van der Waals surface area contributed by atoms with Crippen molar-refractivity contribution in [2.24, 2.45) is 0 Å². The van der Waals surface area contributed by atoms with Crippen LogP contribution in [-0.4, -0.2) is 118 Å². The van der Waals surface area contributed by atoms with E-state index >= 15 is 0 Å². The molecule has 11 heteroatoms. The Morgan fingerprint density at radius 2 is 0.875 bits per heavy atom. The average Bonchev–Trinajstić information content (AvgIpc) is 2.95. The second-order valence-corrected chi connectivity index (χ2v) is 8.66. The van der Waals surface area contributed by atoms with E-state index in [-0.39, 0.29) is 5.91 Å². The largest absolute Gasteiger partial charge is 0.491 e. The Morgan fingerprint density at radius 3 is 1.23 bits per heavy atom. The summed E-state index contributed by atoms with van der Waals surface area (Å²) in [6.07, 6.45) is 3.54. The molecule has 11 nitrogen and oxygen atoms in total. The Morgan fingerprint density at radius 1 is 0.525 bits per heavy atom. The van der Waals surface area contributed by atoms with Gasteiger partial charge in [-0.3, -0.25) is 4.79 Å². The summed E-state index contributed by atoms with van der Waals surface area (Å²) in [6, 6.07) is 7.19. The van der Waals surface area contributed by atoms with Crippen molar-refractivity contribution in [3.8, 4) is 5.75 Å². The molecule has 0 aliphatic carbocycles. The number of unbranched alkanes of at least 4 members (excludes halogenated alkanes) is 2. The molecular weight excluding hydrogens is 522 g/mol. The highest BCUT2D eigenvalue weighted by atomic mass is 16.6. The summed E-state index contributed by atoms with van der Waals surface area (Å²) < 4.78 is 49.3. The van der Waals surface area contributed by atoms with Crippen LogP contribution >= 0.6 is 0 Å². The number of nitrogens with one attached hydrogen (secondary N) is 1. The van der Waals surface area contributed by atoms with Gasteiger partial charge >= 0.3 is 0 Å². The predicted octanol–water partition coefficient (Wildman–Crippen LogP) is 3.35. The number of benzene rings is 1. The Bertz CT molecular complexity index is 677. The van der Waals surface area contributed by atoms with Crippen molar-refractivity contribution in [1.82, 2.24) is 0 Å². The molecule has 1 amide bonds. The molecule has 0 fully saturated rings. The molecule has 0 spiro atoms. The number of carbonyl (C=O) groups excluding carboxylic acids is 1. The molecule has 0 bridgehead atoms. The van der Waals surface area contributed by atoms with Crippen LogP contribution in [0.25, 0.3) is 0 Å². The average molecular weight is 574 g/mol. The lowest BCUT2D eigenvalue weighted by molar-refractivity contribution is -0.114. The Kier molecular flexibility index (Phi) is 26.0. The van der Waals surface area contributed by atoms with E-state index in [1.165, 1.54) is 19.8 Å². The SMILES string of the molecule is CCCCCOCCOCCOCCOCCOCCOCCOCCOCCOc1ccc(NC(C)=O)cc1. The molecule has 0 atom stereocenters. The first-order valence-electron chi connectivity index (χ1n) is 14.3. The molecule has 1 rings (SSSR count). The van der Waals surface area contributed by atoms with Crippen LogP contribution in [0.4, 0.5) is 5.69 Å². The van der Waals surface area contributed by atoms with Crippen molar-refractivity contribution in [2.75, 3.05) is 118 Å². The molecule has 0 aliphatic heterocycles. The zero-order valence-corrected chi connectivity index (χ0v) is 24.5. The van der Waals surface area contributed by atoms with Crippen molar-refractivity contribution in [3.05, 3.63) is 24.3 Å². The third kappa shape index (κ3) is 25.2. The molecule has 0 radical (unpaired) electrons. The van der Waals surface area contributed by atoms with Crippen LogP contribution in [0.15, 0.2) is 24.3 Å². The van der Waals surface area contributed by atoms with Crippen molar-refractivity contribution in [3.63, 3.8) is 0 Å². The molecule has 232 valence electrons. The van der Waals surface area contributed by atoms with Gasteiger partial charge in [-0.15, -0.1) is 0 Å². The molecule has 1 aromatic rings. The van der Waals surface area contributed by atoms with Crippen LogP contribution in [-0.2, 0) is 42.7 Å². The van der Waals surface area contributed by atoms with Crippen LogP contribution in [0, 0.1) is 0 Å². The normalized spacial score (nSPS) is 11.2. The van der Waals surface area contributed by atoms with Gasteiger partial charge in [0.2, 0.25) is 5.91 Å². The van der Waals surface area contributed by atoms with Crippen LogP contribution in [0.2, 0.25) is 0 Å². The van der Waals surface area contributed by atoms with Gasteiger partial charge in [-0.05, 0) is 30.7 Å². The fourth-order valence-electron chi connectivity index (χ4n) is 3.15. The quantitative estimate of drug-likeness (QED) is 0.138. The highest BCUT2D eigenvalue weighted by Gasteiger charge is 1.98. The molecule has 40 heavy (non-hydrogen) atoms. The first-order chi connectivity index (χ1) is 19.7. The third-order valence-electron chi connectivity index (χ3n) is 5.17. The third-order valence-corrected chi connectivity index (χ3v) is 5.17. The van der Waals surface area contributed by atoms with E-state index in [9.17, 15) is 4.79 Å². The van der Waals surface area contributed by atoms with Gasteiger partial charge in [0.05, 0.1) is 99.1 Å². The second-order valence-electron chi connectivity index (χ2n) is 8.66. The van der Waals surface area contributed by atoms with E-state index in [0.717, 1.165) is 24.5 Å². The van der Waals surface area contributed by atoms with Crippen molar-refractivity contribution in [2.45, 2.75) is 33.1 Å². The van der Waals surface area contributed by atoms with E-state index in [1.54, 1.807) is 24.3 Å². The molecule has 0 unspecified atom stereocenters. The summed E-state index contributed by atoms with van der Waals surface area (Å²) in [5, 5.41) is 2.71. The van der Waals surface area contributed by atoms with Crippen molar-refractivity contribution in [1.29, 1.82) is 0 Å². The Hall–Kier alpha value is -1.83. The van der Waals surface area contributed by atoms with E-state index < -0.39 is 0 Å². The standard InChI is InChI=1S/C29H51NO10/c1-3-4-5-10-32-11-12-33-13-14-34-15-16-35-17-18-36-19-20-37-21-22-38-23-24-39-25-26-40-29-8-6-28(7-9-29)30-27(2)31/h6-9H,3-5,10-26H2,1-2H3,(H,30,31). The highest BCUT2D eigenvalue weighted by molar-refractivity contribution is 5.88. The van der Waals surface area contributed by atoms with Gasteiger partial charge in [-0.2, -0.15) is 0 Å². The Labute approximate surface area is 240 Å². The first kappa shape index (κ1) is 36.2. The Balaban J connectivity index is 1.69. The monoisotopic (exact) mass is 573 g/mol. The predicted molar refractivity (Wildman–Crippen MR) is 152 cm³/mol. The topological polar surface area (TPSA) is 112 Å². The molecule has 1 aromatic carbocycles. The second kappa shape index (κ2) is 28.7. The minimum atomic E-state index is -0.104. The molecule has 0 saturated carbocycles. The molecule has 1 N–H and O–H groups in total. The van der Waals surface area contributed by atoms with Gasteiger partial charge in [-0.25, -0.2) is 0 Å². The highest BCUT2D eigenvalue weighted by Crippen LogP contribution is 2.15. The maximum Gasteiger partial charge on any atom is 0.221 e. The summed E-state index contributed by atoms with van der Waals surface area (Å²) in [5.74, 6) is 0.618. The zero-order valence-electron chi connectivity index (χ0n) is 24.5. The van der Waals surface area contributed by atoms with Gasteiger partial charge in [0, 0.05) is 19.2 Å². The van der Waals surface area contributed by atoms with Gasteiger partial charge in [0.25, 0.3) is 0 Å². The number of carbonyl (C=O) groups is 1. The molecule has 0 heterocycles. The van der Waals surface area contributed by atoms with Gasteiger partial charge in [0.15, 0.2) is 0 Å². The first-order valence-corrected chi connectivity index (χ1v) is 14.3. The number of ether oxygens (including phenoxy) is 9. The smallest absolute Gasteiger partial charge is 0.221 e. The molecule has 0 aliphatic rings. The van der Waals surface area contributed by atoms with Gasteiger partial charge in [0.1, 0.15) is 12.4 Å². The van der Waals surface area contributed by atoms with Crippen molar-refractivity contribution < 1.29 is 47.4 Å². The van der Waals surface area contributed by atoms with E-state index in [4.69, 9.17) is 42.6 Å². The van der Waals surface area contributed by atoms with E-state index in [2.05, 4.69) is 12.2 Å². The van der Waals surface area contributed by atoms with Crippen LogP contribution in [0.3, 0.4) is 0 Å². The number of amides is 1. The van der Waals surface area contributed by atoms with E-state index in [0.29, 0.717) is 106 Å².